The second kappa shape index (κ2) is 18.5. The van der Waals surface area contributed by atoms with Gasteiger partial charge in [0.05, 0.1) is 25.4 Å². The van der Waals surface area contributed by atoms with Gasteiger partial charge in [-0.2, -0.15) is 0 Å². The zero-order valence-corrected chi connectivity index (χ0v) is 29.9. The quantitative estimate of drug-likeness (QED) is 0.172. The summed E-state index contributed by atoms with van der Waals surface area (Å²) in [6.45, 7) is 9.95. The number of aliphatic hydroxyl groups excluding tert-OH is 1. The number of aromatic nitrogens is 5. The highest BCUT2D eigenvalue weighted by atomic mass is 16.5. The normalized spacial score (nSPS) is 21.4. The van der Waals surface area contributed by atoms with Crippen molar-refractivity contribution >= 4 is 11.6 Å². The van der Waals surface area contributed by atoms with Crippen molar-refractivity contribution in [2.45, 2.75) is 117 Å². The largest absolute Gasteiger partial charge is 0.391 e. The van der Waals surface area contributed by atoms with Gasteiger partial charge in [0, 0.05) is 37.1 Å². The third-order valence-corrected chi connectivity index (χ3v) is 10.9. The molecule has 0 radical (unpaired) electrons. The van der Waals surface area contributed by atoms with Gasteiger partial charge in [0.1, 0.15) is 12.0 Å². The van der Waals surface area contributed by atoms with E-state index in [-0.39, 0.29) is 17.4 Å². The highest BCUT2D eigenvalue weighted by molar-refractivity contribution is 5.95. The van der Waals surface area contributed by atoms with Crippen molar-refractivity contribution in [1.82, 2.24) is 35.4 Å². The molecule has 2 aromatic heterocycles. The standard InChI is InChI=1S/C38H58N8O3/c1-4-30-23-40-26-38(17-11-9-7-5-6-8-10-12-18-38)33(30)24-42-37(48)31-14-13-15-32(22-31)41-25-35-44-45-36(34-16-19-39-27-43-34)46(35)20-21-49-29(3)28(2)47/h13-16,19,22,27-30,33,40-41,47H,4-12,17-18,20-21,23-26H2,1-3H3,(H,42,48). The molecule has 11 heteroatoms. The zero-order chi connectivity index (χ0) is 34.5. The van der Waals surface area contributed by atoms with E-state index in [1.54, 1.807) is 19.2 Å². The number of carbonyl (C=O) groups is 1. The number of anilines is 1. The summed E-state index contributed by atoms with van der Waals surface area (Å²) in [7, 11) is 0. The Labute approximate surface area is 292 Å². The molecule has 0 bridgehead atoms. The Bertz CT molecular complexity index is 1420. The molecule has 4 unspecified atom stereocenters. The van der Waals surface area contributed by atoms with Gasteiger partial charge in [-0.3, -0.25) is 4.79 Å². The van der Waals surface area contributed by atoms with Crippen LogP contribution in [0.3, 0.4) is 0 Å². The van der Waals surface area contributed by atoms with Gasteiger partial charge in [0.25, 0.3) is 5.91 Å². The summed E-state index contributed by atoms with van der Waals surface area (Å²) < 4.78 is 7.82. The average Bonchev–Trinajstić information content (AvgIpc) is 3.51. The van der Waals surface area contributed by atoms with Gasteiger partial charge >= 0.3 is 0 Å². The summed E-state index contributed by atoms with van der Waals surface area (Å²) in [6.07, 6.45) is 16.6. The summed E-state index contributed by atoms with van der Waals surface area (Å²) in [5.74, 6) is 2.35. The van der Waals surface area contributed by atoms with Gasteiger partial charge in [-0.1, -0.05) is 70.8 Å². The fraction of sp³-hybridized carbons (Fsp3) is 0.658. The predicted octanol–water partition coefficient (Wildman–Crippen LogP) is 6.01. The van der Waals surface area contributed by atoms with Crippen LogP contribution in [0.5, 0.6) is 0 Å². The molecule has 1 spiro atoms. The van der Waals surface area contributed by atoms with Crippen LogP contribution in [-0.2, 0) is 17.8 Å². The Morgan fingerprint density at radius 3 is 2.53 bits per heavy atom. The molecule has 1 aliphatic heterocycles. The lowest BCUT2D eigenvalue weighted by Gasteiger charge is -2.49. The number of ether oxygens (including phenoxy) is 1. The summed E-state index contributed by atoms with van der Waals surface area (Å²) in [5, 5.41) is 29.4. The average molecular weight is 675 g/mol. The van der Waals surface area contributed by atoms with Gasteiger partial charge in [-0.05, 0) is 74.8 Å². The monoisotopic (exact) mass is 674 g/mol. The number of rotatable bonds is 13. The molecular formula is C38H58N8O3. The van der Waals surface area contributed by atoms with Crippen LogP contribution in [0.15, 0.2) is 42.9 Å². The van der Waals surface area contributed by atoms with E-state index >= 15 is 0 Å². The molecule has 11 nitrogen and oxygen atoms in total. The second-order valence-electron chi connectivity index (χ2n) is 14.2. The first-order chi connectivity index (χ1) is 23.9. The number of benzene rings is 1. The molecule has 1 aliphatic carbocycles. The Morgan fingerprint density at radius 1 is 1.08 bits per heavy atom. The molecule has 4 atom stereocenters. The van der Waals surface area contributed by atoms with Crippen LogP contribution < -0.4 is 16.0 Å². The number of hydrogen-bond acceptors (Lipinski definition) is 9. The fourth-order valence-corrected chi connectivity index (χ4v) is 7.82. The number of amides is 1. The van der Waals surface area contributed by atoms with E-state index in [4.69, 9.17) is 4.74 Å². The Balaban J connectivity index is 1.25. The molecule has 268 valence electrons. The molecule has 1 aromatic carbocycles. The number of piperidine rings is 1. The van der Waals surface area contributed by atoms with E-state index < -0.39 is 6.10 Å². The van der Waals surface area contributed by atoms with Crippen LogP contribution in [0.25, 0.3) is 11.5 Å². The molecule has 2 aliphatic rings. The highest BCUT2D eigenvalue weighted by Crippen LogP contribution is 2.45. The van der Waals surface area contributed by atoms with E-state index in [9.17, 15) is 9.90 Å². The summed E-state index contributed by atoms with van der Waals surface area (Å²) >= 11 is 0. The van der Waals surface area contributed by atoms with Crippen molar-refractivity contribution < 1.29 is 14.6 Å². The summed E-state index contributed by atoms with van der Waals surface area (Å²) in [4.78, 5) is 22.1. The number of hydrogen-bond donors (Lipinski definition) is 4. The van der Waals surface area contributed by atoms with Crippen LogP contribution in [0.1, 0.15) is 108 Å². The minimum atomic E-state index is -0.568. The number of carbonyl (C=O) groups excluding carboxylic acids is 1. The Kier molecular flexibility index (Phi) is 14.0. The first kappa shape index (κ1) is 36.9. The smallest absolute Gasteiger partial charge is 0.251 e. The van der Waals surface area contributed by atoms with Crippen molar-refractivity contribution in [2.24, 2.45) is 17.3 Å². The van der Waals surface area contributed by atoms with E-state index in [2.05, 4.69) is 43.0 Å². The van der Waals surface area contributed by atoms with Gasteiger partial charge in [0.15, 0.2) is 11.6 Å². The van der Waals surface area contributed by atoms with Crippen molar-refractivity contribution in [3.8, 4) is 11.5 Å². The lowest BCUT2D eigenvalue weighted by molar-refractivity contribution is -0.0209. The van der Waals surface area contributed by atoms with Gasteiger partial charge in [-0.15, -0.1) is 10.2 Å². The van der Waals surface area contributed by atoms with Crippen LogP contribution >= 0.6 is 0 Å². The Morgan fingerprint density at radius 2 is 1.84 bits per heavy atom. The second-order valence-corrected chi connectivity index (χ2v) is 14.2. The molecular weight excluding hydrogens is 616 g/mol. The maximum Gasteiger partial charge on any atom is 0.251 e. The lowest BCUT2D eigenvalue weighted by Crippen LogP contribution is -2.55. The third-order valence-electron chi connectivity index (χ3n) is 10.9. The third kappa shape index (κ3) is 10.1. The van der Waals surface area contributed by atoms with Crippen molar-refractivity contribution in [3.05, 3.63) is 54.2 Å². The predicted molar refractivity (Wildman–Crippen MR) is 193 cm³/mol. The first-order valence-corrected chi connectivity index (χ1v) is 18.7. The molecule has 3 heterocycles. The van der Waals surface area contributed by atoms with Gasteiger partial charge < -0.3 is 30.4 Å². The maximum atomic E-state index is 13.7. The van der Waals surface area contributed by atoms with Gasteiger partial charge in [-0.25, -0.2) is 9.97 Å². The molecule has 5 rings (SSSR count). The fourth-order valence-electron chi connectivity index (χ4n) is 7.82. The first-order valence-electron chi connectivity index (χ1n) is 18.7. The summed E-state index contributed by atoms with van der Waals surface area (Å²) in [6, 6.07) is 9.49. The van der Waals surface area contributed by atoms with E-state index in [0.717, 1.165) is 31.7 Å². The highest BCUT2D eigenvalue weighted by Gasteiger charge is 2.44. The topological polar surface area (TPSA) is 139 Å². The minimum Gasteiger partial charge on any atom is -0.391 e. The van der Waals surface area contributed by atoms with Crippen LogP contribution in [0.2, 0.25) is 0 Å². The number of aliphatic hydroxyl groups is 1. The SMILES string of the molecule is CCC1CNCC2(CCCCCCCCCC2)C1CNC(=O)c1cccc(NCc2nnc(-c3ccncn3)n2CCOC(C)C(C)O)c1. The zero-order valence-electron chi connectivity index (χ0n) is 29.9. The van der Waals surface area contributed by atoms with Crippen LogP contribution in [-0.4, -0.2) is 74.2 Å². The molecule has 1 amide bonds. The van der Waals surface area contributed by atoms with Crippen LogP contribution in [0.4, 0.5) is 5.69 Å². The van der Waals surface area contributed by atoms with Gasteiger partial charge in [0.2, 0.25) is 0 Å². The van der Waals surface area contributed by atoms with Crippen molar-refractivity contribution in [3.63, 3.8) is 0 Å². The molecule has 49 heavy (non-hydrogen) atoms. The minimum absolute atomic E-state index is 0.0255. The van der Waals surface area contributed by atoms with Crippen molar-refractivity contribution in [2.75, 3.05) is 31.6 Å². The molecule has 2 fully saturated rings. The summed E-state index contributed by atoms with van der Waals surface area (Å²) in [5.41, 5.74) is 2.39. The van der Waals surface area contributed by atoms with E-state index in [1.807, 2.05) is 35.8 Å². The number of nitrogens with one attached hydrogen (secondary N) is 3. The lowest BCUT2D eigenvalue weighted by atomic mass is 9.61. The van der Waals surface area contributed by atoms with E-state index in [0.29, 0.717) is 54.4 Å². The Hall–Kier alpha value is -3.41. The van der Waals surface area contributed by atoms with Crippen LogP contribution in [0, 0.1) is 17.3 Å². The molecule has 3 aromatic rings. The molecule has 4 N–H and O–H groups in total. The van der Waals surface area contributed by atoms with Crippen molar-refractivity contribution in [1.29, 1.82) is 0 Å². The molecule has 1 saturated heterocycles. The maximum absolute atomic E-state index is 13.7. The van der Waals surface area contributed by atoms with E-state index in [1.165, 1.54) is 70.5 Å². The number of nitrogens with zero attached hydrogens (tertiary/aromatic N) is 5. The molecule has 1 saturated carbocycles.